The molecule has 0 radical (unpaired) electrons. The van der Waals surface area contributed by atoms with Crippen molar-refractivity contribution in [2.24, 2.45) is 0 Å². The third-order valence-electron chi connectivity index (χ3n) is 1.94. The van der Waals surface area contributed by atoms with Crippen molar-refractivity contribution < 1.29 is 14.4 Å². The SMILES string of the molecule is Cc1[nH]ncc1-c1onc(Cl)c1C(=O)O. The van der Waals surface area contributed by atoms with Crippen LogP contribution in [0.15, 0.2) is 10.7 Å². The van der Waals surface area contributed by atoms with Crippen molar-refractivity contribution in [2.75, 3.05) is 0 Å². The minimum absolute atomic E-state index is 0.110. The number of hydrogen-bond acceptors (Lipinski definition) is 4. The van der Waals surface area contributed by atoms with E-state index in [4.69, 9.17) is 21.2 Å². The topological polar surface area (TPSA) is 92.0 Å². The van der Waals surface area contributed by atoms with Gasteiger partial charge in [-0.2, -0.15) is 5.10 Å². The standard InChI is InChI=1S/C8H6ClN3O3/c1-3-4(2-10-11-3)6-5(8(13)14)7(9)12-15-6/h2H,1H3,(H,10,11)(H,13,14). The van der Waals surface area contributed by atoms with Crippen LogP contribution in [0.3, 0.4) is 0 Å². The molecule has 2 aromatic rings. The highest BCUT2D eigenvalue weighted by Crippen LogP contribution is 2.30. The second kappa shape index (κ2) is 3.39. The van der Waals surface area contributed by atoms with Crippen molar-refractivity contribution in [3.63, 3.8) is 0 Å². The third kappa shape index (κ3) is 1.48. The molecule has 0 aliphatic carbocycles. The van der Waals surface area contributed by atoms with Crippen molar-refractivity contribution in [3.8, 4) is 11.3 Å². The zero-order valence-electron chi connectivity index (χ0n) is 7.61. The first-order chi connectivity index (χ1) is 7.11. The van der Waals surface area contributed by atoms with Gasteiger partial charge in [-0.25, -0.2) is 4.79 Å². The van der Waals surface area contributed by atoms with Gasteiger partial charge >= 0.3 is 5.97 Å². The largest absolute Gasteiger partial charge is 0.477 e. The molecule has 0 saturated heterocycles. The van der Waals surface area contributed by atoms with Gasteiger partial charge < -0.3 is 9.63 Å². The van der Waals surface area contributed by atoms with E-state index >= 15 is 0 Å². The molecule has 0 aliphatic rings. The average molecular weight is 228 g/mol. The van der Waals surface area contributed by atoms with Crippen molar-refractivity contribution in [3.05, 3.63) is 22.6 Å². The fraction of sp³-hybridized carbons (Fsp3) is 0.125. The minimum atomic E-state index is -1.18. The summed E-state index contributed by atoms with van der Waals surface area (Å²) in [5.41, 5.74) is 1.07. The number of H-pyrrole nitrogens is 1. The summed E-state index contributed by atoms with van der Waals surface area (Å²) in [6.07, 6.45) is 1.46. The second-order valence-corrected chi connectivity index (χ2v) is 3.25. The molecule has 0 aliphatic heterocycles. The number of aromatic carboxylic acids is 1. The number of aryl methyl sites for hydroxylation is 1. The molecular formula is C8H6ClN3O3. The quantitative estimate of drug-likeness (QED) is 0.815. The molecule has 0 atom stereocenters. The summed E-state index contributed by atoms with van der Waals surface area (Å²) in [6.45, 7) is 1.74. The van der Waals surface area contributed by atoms with Crippen molar-refractivity contribution in [2.45, 2.75) is 6.92 Å². The average Bonchev–Trinajstić information content (AvgIpc) is 2.71. The summed E-state index contributed by atoms with van der Waals surface area (Å²) in [4.78, 5) is 10.9. The van der Waals surface area contributed by atoms with Gasteiger partial charge in [-0.05, 0) is 6.92 Å². The van der Waals surface area contributed by atoms with E-state index in [0.29, 0.717) is 11.3 Å². The number of aromatic amines is 1. The van der Waals surface area contributed by atoms with Crippen molar-refractivity contribution >= 4 is 17.6 Å². The monoisotopic (exact) mass is 227 g/mol. The lowest BCUT2D eigenvalue weighted by atomic mass is 10.1. The summed E-state index contributed by atoms with van der Waals surface area (Å²) in [5.74, 6) is -1.07. The van der Waals surface area contributed by atoms with Crippen LogP contribution in [0.5, 0.6) is 0 Å². The lowest BCUT2D eigenvalue weighted by molar-refractivity contribution is 0.0697. The molecule has 2 rings (SSSR count). The molecule has 0 unspecified atom stereocenters. The molecule has 6 nitrogen and oxygen atoms in total. The third-order valence-corrected chi connectivity index (χ3v) is 2.20. The Kier molecular flexibility index (Phi) is 2.20. The highest BCUT2D eigenvalue weighted by molar-refractivity contribution is 6.32. The van der Waals surface area contributed by atoms with Gasteiger partial charge in [0.15, 0.2) is 10.9 Å². The molecule has 2 heterocycles. The van der Waals surface area contributed by atoms with E-state index in [1.807, 2.05) is 0 Å². The molecule has 0 aromatic carbocycles. The number of rotatable bonds is 2. The number of carbonyl (C=O) groups is 1. The fourth-order valence-electron chi connectivity index (χ4n) is 1.22. The molecule has 2 N–H and O–H groups in total. The van der Waals surface area contributed by atoms with E-state index in [1.54, 1.807) is 6.92 Å². The Morgan fingerprint density at radius 3 is 2.93 bits per heavy atom. The Balaban J connectivity index is 2.64. The van der Waals surface area contributed by atoms with Gasteiger partial charge in [-0.1, -0.05) is 16.8 Å². The zero-order chi connectivity index (χ0) is 11.0. The predicted octanol–water partition coefficient (Wildman–Crippen LogP) is 1.72. The zero-order valence-corrected chi connectivity index (χ0v) is 8.37. The molecule has 7 heteroatoms. The van der Waals surface area contributed by atoms with Crippen LogP contribution < -0.4 is 0 Å². The number of nitrogens with one attached hydrogen (secondary N) is 1. The van der Waals surface area contributed by atoms with Gasteiger partial charge in [0.25, 0.3) is 0 Å². The van der Waals surface area contributed by atoms with E-state index < -0.39 is 5.97 Å². The summed E-state index contributed by atoms with van der Waals surface area (Å²) in [7, 11) is 0. The summed E-state index contributed by atoms with van der Waals surface area (Å²) in [6, 6.07) is 0. The Morgan fingerprint density at radius 2 is 2.40 bits per heavy atom. The molecular weight excluding hydrogens is 222 g/mol. The molecule has 0 amide bonds. The minimum Gasteiger partial charge on any atom is -0.477 e. The molecule has 0 bridgehead atoms. The Labute approximate surface area is 88.8 Å². The predicted molar refractivity (Wildman–Crippen MR) is 50.8 cm³/mol. The maximum atomic E-state index is 10.9. The lowest BCUT2D eigenvalue weighted by Crippen LogP contribution is -1.97. The van der Waals surface area contributed by atoms with Crippen LogP contribution in [0.2, 0.25) is 5.15 Å². The summed E-state index contributed by atoms with van der Waals surface area (Å²) in [5, 5.41) is 18.6. The summed E-state index contributed by atoms with van der Waals surface area (Å²) < 4.78 is 4.86. The molecule has 15 heavy (non-hydrogen) atoms. The lowest BCUT2D eigenvalue weighted by Gasteiger charge is -1.94. The van der Waals surface area contributed by atoms with Gasteiger partial charge in [0.2, 0.25) is 0 Å². The van der Waals surface area contributed by atoms with Gasteiger partial charge in [-0.15, -0.1) is 0 Å². The Hall–Kier alpha value is -1.82. The van der Waals surface area contributed by atoms with Crippen LogP contribution in [-0.4, -0.2) is 26.4 Å². The van der Waals surface area contributed by atoms with Crippen LogP contribution in [0.4, 0.5) is 0 Å². The summed E-state index contributed by atoms with van der Waals surface area (Å²) >= 11 is 5.59. The maximum absolute atomic E-state index is 10.9. The van der Waals surface area contributed by atoms with Gasteiger partial charge in [0, 0.05) is 5.69 Å². The first-order valence-electron chi connectivity index (χ1n) is 4.00. The van der Waals surface area contributed by atoms with Gasteiger partial charge in [0.05, 0.1) is 11.8 Å². The number of nitrogens with zero attached hydrogens (tertiary/aromatic N) is 2. The fourth-order valence-corrected chi connectivity index (χ4v) is 1.42. The van der Waals surface area contributed by atoms with Crippen LogP contribution in [0.25, 0.3) is 11.3 Å². The smallest absolute Gasteiger partial charge is 0.342 e. The Bertz CT molecular complexity index is 517. The number of carboxylic acid groups (broad SMARTS) is 1. The molecule has 0 spiro atoms. The van der Waals surface area contributed by atoms with Crippen LogP contribution in [0.1, 0.15) is 16.1 Å². The van der Waals surface area contributed by atoms with E-state index in [2.05, 4.69) is 15.4 Å². The molecule has 0 fully saturated rings. The normalized spacial score (nSPS) is 10.5. The van der Waals surface area contributed by atoms with Crippen molar-refractivity contribution in [1.82, 2.24) is 15.4 Å². The number of hydrogen-bond donors (Lipinski definition) is 2. The van der Waals surface area contributed by atoms with Gasteiger partial charge in [-0.3, -0.25) is 5.10 Å². The highest BCUT2D eigenvalue weighted by Gasteiger charge is 2.24. The highest BCUT2D eigenvalue weighted by atomic mass is 35.5. The number of halogens is 1. The number of carboxylic acids is 1. The van der Waals surface area contributed by atoms with Gasteiger partial charge in [0.1, 0.15) is 5.56 Å². The molecule has 2 aromatic heterocycles. The Morgan fingerprint density at radius 1 is 1.67 bits per heavy atom. The van der Waals surface area contributed by atoms with E-state index in [1.165, 1.54) is 6.20 Å². The first kappa shape index (κ1) is 9.72. The van der Waals surface area contributed by atoms with Crippen LogP contribution in [-0.2, 0) is 0 Å². The number of aromatic nitrogens is 3. The first-order valence-corrected chi connectivity index (χ1v) is 4.38. The van der Waals surface area contributed by atoms with Crippen LogP contribution >= 0.6 is 11.6 Å². The molecule has 78 valence electrons. The van der Waals surface area contributed by atoms with E-state index in [9.17, 15) is 4.79 Å². The van der Waals surface area contributed by atoms with E-state index in [-0.39, 0.29) is 16.5 Å². The van der Waals surface area contributed by atoms with Crippen molar-refractivity contribution in [1.29, 1.82) is 0 Å². The van der Waals surface area contributed by atoms with Crippen LogP contribution in [0, 0.1) is 6.92 Å². The maximum Gasteiger partial charge on any atom is 0.342 e. The molecule has 0 saturated carbocycles. The second-order valence-electron chi connectivity index (χ2n) is 2.89. The van der Waals surface area contributed by atoms with E-state index in [0.717, 1.165) is 0 Å².